The van der Waals surface area contributed by atoms with Gasteiger partial charge < -0.3 is 9.72 Å². The van der Waals surface area contributed by atoms with Crippen LogP contribution in [0.15, 0.2) is 82.5 Å². The Kier molecular flexibility index (Phi) is 7.07. The van der Waals surface area contributed by atoms with Crippen LogP contribution in [0, 0.1) is 6.92 Å². The van der Waals surface area contributed by atoms with E-state index in [0.717, 1.165) is 11.0 Å². The fraction of sp³-hybridized carbons (Fsp3) is 0.231. The second-order valence-corrected chi connectivity index (χ2v) is 9.90. The number of carbonyl (C=O) groups is 1. The maximum absolute atomic E-state index is 13.4. The molecule has 1 N–H and O–H groups in total. The molecule has 8 nitrogen and oxygen atoms in total. The van der Waals surface area contributed by atoms with E-state index in [2.05, 4.69) is 4.98 Å². The van der Waals surface area contributed by atoms with Crippen molar-refractivity contribution in [2.75, 3.05) is 17.5 Å². The molecule has 0 saturated carbocycles. The lowest BCUT2D eigenvalue weighted by molar-refractivity contribution is 0.0496. The summed E-state index contributed by atoms with van der Waals surface area (Å²) in [7, 11) is -3.89. The molecule has 0 bridgehead atoms. The van der Waals surface area contributed by atoms with Gasteiger partial charge in [-0.15, -0.1) is 0 Å². The van der Waals surface area contributed by atoms with Crippen molar-refractivity contribution >= 4 is 32.7 Å². The molecule has 0 radical (unpaired) electrons. The molecule has 1 aromatic heterocycles. The number of ether oxygens (including phenoxy) is 1. The van der Waals surface area contributed by atoms with Gasteiger partial charge in [0.15, 0.2) is 0 Å². The number of sulfonamides is 1. The monoisotopic (exact) mass is 493 g/mol. The Balaban J connectivity index is 1.46. The van der Waals surface area contributed by atoms with Gasteiger partial charge in [0.2, 0.25) is 0 Å². The van der Waals surface area contributed by atoms with E-state index in [4.69, 9.17) is 4.74 Å². The molecule has 0 aliphatic heterocycles. The zero-order chi connectivity index (χ0) is 25.0. The van der Waals surface area contributed by atoms with E-state index in [1.807, 2.05) is 30.3 Å². The van der Waals surface area contributed by atoms with E-state index in [1.165, 1.54) is 10.4 Å². The highest BCUT2D eigenvalue weighted by Gasteiger charge is 2.26. The number of carbonyl (C=O) groups excluding carboxylic acids is 1. The molecule has 0 amide bonds. The largest absolute Gasteiger partial charge is 0.462 e. The molecule has 3 aromatic carbocycles. The molecule has 182 valence electrons. The summed E-state index contributed by atoms with van der Waals surface area (Å²) in [6.45, 7) is 4.17. The smallest absolute Gasteiger partial charge is 0.338 e. The van der Waals surface area contributed by atoms with Crippen molar-refractivity contribution in [2.24, 2.45) is 0 Å². The molecule has 0 atom stereocenters. The van der Waals surface area contributed by atoms with Crippen LogP contribution in [0.3, 0.4) is 0 Å². The van der Waals surface area contributed by atoms with E-state index in [1.54, 1.807) is 54.8 Å². The van der Waals surface area contributed by atoms with E-state index < -0.39 is 16.0 Å². The van der Waals surface area contributed by atoms with Crippen molar-refractivity contribution in [2.45, 2.75) is 31.7 Å². The quantitative estimate of drug-likeness (QED) is 0.279. The lowest BCUT2D eigenvalue weighted by atomic mass is 10.1. The van der Waals surface area contributed by atoms with Crippen molar-refractivity contribution in [3.63, 3.8) is 0 Å². The Hall–Kier alpha value is -3.85. The maximum atomic E-state index is 13.4. The molecule has 9 heteroatoms. The Morgan fingerprint density at radius 2 is 1.74 bits per heavy atom. The van der Waals surface area contributed by atoms with Gasteiger partial charge in [0.1, 0.15) is 0 Å². The lowest BCUT2D eigenvalue weighted by Crippen LogP contribution is -2.31. The second kappa shape index (κ2) is 10.2. The first kappa shape index (κ1) is 24.3. The Morgan fingerprint density at radius 1 is 1.03 bits per heavy atom. The number of aromatic nitrogens is 2. The topological polar surface area (TPSA) is 101 Å². The van der Waals surface area contributed by atoms with Crippen LogP contribution < -0.4 is 9.99 Å². The van der Waals surface area contributed by atoms with Gasteiger partial charge in [0.25, 0.3) is 10.0 Å². The highest BCUT2D eigenvalue weighted by Crippen LogP contribution is 2.26. The fourth-order valence-corrected chi connectivity index (χ4v) is 5.74. The zero-order valence-corrected chi connectivity index (χ0v) is 20.4. The van der Waals surface area contributed by atoms with Gasteiger partial charge in [-0.3, -0.25) is 8.87 Å². The number of H-pyrrole nitrogens is 1. The summed E-state index contributed by atoms with van der Waals surface area (Å²) in [4.78, 5) is 27.7. The molecule has 0 fully saturated rings. The number of hydrogen-bond donors (Lipinski definition) is 1. The summed E-state index contributed by atoms with van der Waals surface area (Å²) >= 11 is 0. The summed E-state index contributed by atoms with van der Waals surface area (Å²) in [6, 6.07) is 20.7. The van der Waals surface area contributed by atoms with Crippen LogP contribution in [-0.4, -0.2) is 37.1 Å². The van der Waals surface area contributed by atoms with Gasteiger partial charge in [0.05, 0.1) is 33.8 Å². The number of aryl methyl sites for hydroxylation is 2. The van der Waals surface area contributed by atoms with Gasteiger partial charge in [-0.1, -0.05) is 36.4 Å². The second-order valence-electron chi connectivity index (χ2n) is 8.07. The predicted octanol–water partition coefficient (Wildman–Crippen LogP) is 4.10. The van der Waals surface area contributed by atoms with Crippen LogP contribution in [0.5, 0.6) is 0 Å². The Morgan fingerprint density at radius 3 is 2.49 bits per heavy atom. The number of rotatable bonds is 9. The number of hydrogen-bond acceptors (Lipinski definition) is 5. The maximum Gasteiger partial charge on any atom is 0.338 e. The highest BCUT2D eigenvalue weighted by molar-refractivity contribution is 7.92. The molecule has 0 saturated heterocycles. The minimum Gasteiger partial charge on any atom is -0.462 e. The Bertz CT molecular complexity index is 1510. The zero-order valence-electron chi connectivity index (χ0n) is 19.6. The van der Waals surface area contributed by atoms with Gasteiger partial charge in [0, 0.05) is 13.1 Å². The molecule has 0 spiro atoms. The highest BCUT2D eigenvalue weighted by atomic mass is 32.2. The number of benzene rings is 3. The first-order valence-corrected chi connectivity index (χ1v) is 12.8. The normalized spacial score (nSPS) is 11.5. The van der Waals surface area contributed by atoms with Crippen LogP contribution in [0.1, 0.15) is 29.3 Å². The van der Waals surface area contributed by atoms with Crippen molar-refractivity contribution < 1.29 is 17.9 Å². The van der Waals surface area contributed by atoms with Crippen molar-refractivity contribution in [1.29, 1.82) is 0 Å². The average molecular weight is 494 g/mol. The Labute approximate surface area is 203 Å². The van der Waals surface area contributed by atoms with E-state index in [9.17, 15) is 18.0 Å². The number of imidazole rings is 1. The molecule has 0 aliphatic carbocycles. The molecule has 0 aliphatic rings. The standard InChI is InChI=1S/C26H27N3O5S/c1-3-29(21-10-5-4-6-11-21)35(32,33)24-18-20(15-14-19(24)2)25(30)34-17-9-16-28-23-13-8-7-12-22(23)27-26(28)31/h4-8,10-15,18H,3,9,16-17H2,1-2H3,(H,27,31). The van der Waals surface area contributed by atoms with Crippen LogP contribution in [0.4, 0.5) is 5.69 Å². The first-order valence-electron chi connectivity index (χ1n) is 11.4. The number of esters is 1. The third kappa shape index (κ3) is 5.00. The van der Waals surface area contributed by atoms with Gasteiger partial charge in [-0.25, -0.2) is 18.0 Å². The molecule has 1 heterocycles. The van der Waals surface area contributed by atoms with Gasteiger partial charge >= 0.3 is 11.7 Å². The molecular formula is C26H27N3O5S. The van der Waals surface area contributed by atoms with Crippen LogP contribution in [0.25, 0.3) is 11.0 Å². The molecule has 35 heavy (non-hydrogen) atoms. The van der Waals surface area contributed by atoms with Crippen LogP contribution in [-0.2, 0) is 21.3 Å². The van der Waals surface area contributed by atoms with Crippen molar-refractivity contribution in [3.8, 4) is 0 Å². The van der Waals surface area contributed by atoms with Crippen molar-refractivity contribution in [1.82, 2.24) is 9.55 Å². The lowest BCUT2D eigenvalue weighted by Gasteiger charge is -2.24. The average Bonchev–Trinajstić information content (AvgIpc) is 3.17. The summed E-state index contributed by atoms with van der Waals surface area (Å²) in [5, 5.41) is 0. The summed E-state index contributed by atoms with van der Waals surface area (Å²) in [6.07, 6.45) is 0.433. The minimum atomic E-state index is -3.89. The number of anilines is 1. The summed E-state index contributed by atoms with van der Waals surface area (Å²) in [5.41, 5.74) is 2.56. The van der Waals surface area contributed by atoms with E-state index in [0.29, 0.717) is 24.2 Å². The fourth-order valence-electron chi connectivity index (χ4n) is 4.01. The number of nitrogens with zero attached hydrogens (tertiary/aromatic N) is 2. The third-order valence-corrected chi connectivity index (χ3v) is 7.81. The van der Waals surface area contributed by atoms with Crippen molar-refractivity contribution in [3.05, 3.63) is 94.4 Å². The van der Waals surface area contributed by atoms with Crippen LogP contribution >= 0.6 is 0 Å². The molecule has 4 rings (SSSR count). The predicted molar refractivity (Wildman–Crippen MR) is 135 cm³/mol. The molecular weight excluding hydrogens is 466 g/mol. The molecule has 0 unspecified atom stereocenters. The number of aromatic amines is 1. The minimum absolute atomic E-state index is 0.0583. The van der Waals surface area contributed by atoms with E-state index >= 15 is 0 Å². The van der Waals surface area contributed by atoms with E-state index in [-0.39, 0.29) is 29.3 Å². The first-order chi connectivity index (χ1) is 16.8. The number of nitrogens with one attached hydrogen (secondary N) is 1. The SMILES string of the molecule is CCN(c1ccccc1)S(=O)(=O)c1cc(C(=O)OCCCn2c(=O)[nH]c3ccccc32)ccc1C. The van der Waals surface area contributed by atoms with Gasteiger partial charge in [-0.2, -0.15) is 0 Å². The molecule has 4 aromatic rings. The van der Waals surface area contributed by atoms with Gasteiger partial charge in [-0.05, 0) is 62.2 Å². The third-order valence-electron chi connectivity index (χ3n) is 5.76. The number of fused-ring (bicyclic) bond motifs is 1. The summed E-state index contributed by atoms with van der Waals surface area (Å²) < 4.78 is 35.2. The number of para-hydroxylation sites is 3. The van der Waals surface area contributed by atoms with Crippen LogP contribution in [0.2, 0.25) is 0 Å². The summed E-state index contributed by atoms with van der Waals surface area (Å²) in [5.74, 6) is -0.615.